The van der Waals surface area contributed by atoms with Crippen LogP contribution in [-0.2, 0) is 30.6 Å². The molecule has 0 radical (unpaired) electrons. The van der Waals surface area contributed by atoms with Gasteiger partial charge in [-0.3, -0.25) is 9.69 Å². The number of hydrogen-bond acceptors (Lipinski definition) is 6. The summed E-state index contributed by atoms with van der Waals surface area (Å²) in [5, 5.41) is 14.0. The van der Waals surface area contributed by atoms with Gasteiger partial charge in [-0.25, -0.2) is 9.97 Å². The molecule has 1 aromatic heterocycles. The van der Waals surface area contributed by atoms with Crippen LogP contribution in [0.2, 0.25) is 0 Å². The van der Waals surface area contributed by atoms with Crippen molar-refractivity contribution in [2.24, 2.45) is 0 Å². The summed E-state index contributed by atoms with van der Waals surface area (Å²) in [5.41, 5.74) is 7.86. The molecule has 5 rings (SSSR count). The lowest BCUT2D eigenvalue weighted by atomic mass is 9.87. The molecule has 3 aromatic rings. The number of rotatable bonds is 9. The summed E-state index contributed by atoms with van der Waals surface area (Å²) in [7, 11) is 2.23. The SMILES string of the molecule is CCc1cccc(CC)c1-c1nc(C)c(CN(C)[C@H]2CCCc3ccccc32)c(N2CCC(O)(CNC(C)=O)CC2)n1. The molecular formula is C35H47N5O2. The zero-order chi connectivity index (χ0) is 29.9. The molecule has 0 spiro atoms. The van der Waals surface area contributed by atoms with E-state index in [1.807, 2.05) is 0 Å². The van der Waals surface area contributed by atoms with E-state index in [-0.39, 0.29) is 12.5 Å². The highest BCUT2D eigenvalue weighted by molar-refractivity contribution is 5.73. The Bertz CT molecular complexity index is 1390. The van der Waals surface area contributed by atoms with E-state index < -0.39 is 5.60 Å². The molecule has 224 valence electrons. The molecule has 42 heavy (non-hydrogen) atoms. The van der Waals surface area contributed by atoms with Gasteiger partial charge in [-0.15, -0.1) is 0 Å². The number of hydrogen-bond donors (Lipinski definition) is 2. The fourth-order valence-corrected chi connectivity index (χ4v) is 6.82. The van der Waals surface area contributed by atoms with Crippen molar-refractivity contribution in [1.29, 1.82) is 0 Å². The summed E-state index contributed by atoms with van der Waals surface area (Å²) >= 11 is 0. The van der Waals surface area contributed by atoms with E-state index in [1.54, 1.807) is 0 Å². The Kier molecular flexibility index (Phi) is 9.28. The highest BCUT2D eigenvalue weighted by Crippen LogP contribution is 2.37. The minimum Gasteiger partial charge on any atom is -0.388 e. The third-order valence-corrected chi connectivity index (χ3v) is 9.35. The molecule has 1 atom stereocenters. The van der Waals surface area contributed by atoms with Crippen molar-refractivity contribution < 1.29 is 9.90 Å². The Morgan fingerprint density at radius 2 is 1.76 bits per heavy atom. The van der Waals surface area contributed by atoms with Crippen LogP contribution in [0, 0.1) is 6.92 Å². The quantitative estimate of drug-likeness (QED) is 0.352. The van der Waals surface area contributed by atoms with E-state index in [4.69, 9.17) is 9.97 Å². The van der Waals surface area contributed by atoms with Crippen molar-refractivity contribution >= 4 is 11.7 Å². The first-order chi connectivity index (χ1) is 20.2. The molecule has 1 amide bonds. The first kappa shape index (κ1) is 30.2. The normalized spacial score (nSPS) is 18.2. The number of amides is 1. The molecule has 1 saturated heterocycles. The van der Waals surface area contributed by atoms with E-state index in [1.165, 1.54) is 35.6 Å². The summed E-state index contributed by atoms with van der Waals surface area (Å²) in [5.74, 6) is 1.66. The summed E-state index contributed by atoms with van der Waals surface area (Å²) in [4.78, 5) is 26.9. The number of piperidine rings is 1. The summed E-state index contributed by atoms with van der Waals surface area (Å²) in [6.45, 7) is 10.4. The van der Waals surface area contributed by atoms with Crippen LogP contribution in [0.5, 0.6) is 0 Å². The fraction of sp³-hybridized carbons (Fsp3) is 0.514. The van der Waals surface area contributed by atoms with Gasteiger partial charge in [0.05, 0.1) is 5.60 Å². The van der Waals surface area contributed by atoms with Gasteiger partial charge >= 0.3 is 0 Å². The van der Waals surface area contributed by atoms with Gasteiger partial charge in [0.15, 0.2) is 5.82 Å². The largest absolute Gasteiger partial charge is 0.388 e. The number of aliphatic hydroxyl groups is 1. The Hall–Kier alpha value is -3.29. The van der Waals surface area contributed by atoms with Gasteiger partial charge in [-0.1, -0.05) is 56.3 Å². The van der Waals surface area contributed by atoms with Crippen molar-refractivity contribution in [2.75, 3.05) is 31.6 Å². The molecule has 1 fully saturated rings. The van der Waals surface area contributed by atoms with Crippen molar-refractivity contribution in [3.63, 3.8) is 0 Å². The zero-order valence-electron chi connectivity index (χ0n) is 26.0. The number of aryl methyl sites for hydroxylation is 4. The molecule has 1 aliphatic heterocycles. The molecule has 2 heterocycles. The number of carbonyl (C=O) groups is 1. The second-order valence-electron chi connectivity index (χ2n) is 12.2. The monoisotopic (exact) mass is 569 g/mol. The average molecular weight is 570 g/mol. The van der Waals surface area contributed by atoms with Crippen molar-refractivity contribution in [2.45, 2.75) is 90.8 Å². The molecule has 0 unspecified atom stereocenters. The first-order valence-corrected chi connectivity index (χ1v) is 15.7. The van der Waals surface area contributed by atoms with Crippen molar-refractivity contribution in [3.05, 3.63) is 76.0 Å². The number of carbonyl (C=O) groups excluding carboxylic acids is 1. The molecule has 1 aliphatic carbocycles. The highest BCUT2D eigenvalue weighted by Gasteiger charge is 2.35. The molecule has 2 N–H and O–H groups in total. The predicted octanol–water partition coefficient (Wildman–Crippen LogP) is 5.55. The zero-order valence-corrected chi connectivity index (χ0v) is 26.0. The lowest BCUT2D eigenvalue weighted by molar-refractivity contribution is -0.120. The summed E-state index contributed by atoms with van der Waals surface area (Å²) in [6, 6.07) is 15.8. The average Bonchev–Trinajstić information content (AvgIpc) is 3.00. The van der Waals surface area contributed by atoms with Gasteiger partial charge in [0.25, 0.3) is 0 Å². The number of anilines is 1. The molecule has 0 bridgehead atoms. The molecule has 2 aliphatic rings. The molecule has 7 nitrogen and oxygen atoms in total. The van der Waals surface area contributed by atoms with Crippen LogP contribution < -0.4 is 10.2 Å². The third-order valence-electron chi connectivity index (χ3n) is 9.35. The van der Waals surface area contributed by atoms with E-state index in [9.17, 15) is 9.90 Å². The number of nitrogens with zero attached hydrogens (tertiary/aromatic N) is 4. The molecule has 2 aromatic carbocycles. The van der Waals surface area contributed by atoms with Crippen LogP contribution in [0.25, 0.3) is 11.4 Å². The van der Waals surface area contributed by atoms with Gasteiger partial charge in [0.2, 0.25) is 5.91 Å². The van der Waals surface area contributed by atoms with E-state index in [0.717, 1.165) is 60.7 Å². The Morgan fingerprint density at radius 3 is 2.43 bits per heavy atom. The number of aromatic nitrogens is 2. The predicted molar refractivity (Wildman–Crippen MR) is 170 cm³/mol. The minimum absolute atomic E-state index is 0.113. The fourth-order valence-electron chi connectivity index (χ4n) is 6.82. The molecule has 0 saturated carbocycles. The standard InChI is InChI=1S/C35H47N5O2/c1-6-26-13-10-14-27(7-2)32(26)33-37-24(3)30(22-39(5)31-17-11-15-28-12-8-9-16-29(28)31)34(38-33)40-20-18-35(42,19-21-40)23-36-25(4)41/h8-10,12-14,16,31,42H,6-7,11,15,17-23H2,1-5H3,(H,36,41)/t31-/m0/s1. The molecule has 7 heteroatoms. The van der Waals surface area contributed by atoms with Gasteiger partial charge in [0, 0.05) is 56.0 Å². The second-order valence-corrected chi connectivity index (χ2v) is 12.2. The van der Waals surface area contributed by atoms with E-state index in [0.29, 0.717) is 32.0 Å². The topological polar surface area (TPSA) is 81.6 Å². The smallest absolute Gasteiger partial charge is 0.216 e. The first-order valence-electron chi connectivity index (χ1n) is 15.7. The van der Waals surface area contributed by atoms with Crippen LogP contribution in [0.15, 0.2) is 42.5 Å². The maximum absolute atomic E-state index is 11.5. The minimum atomic E-state index is -0.903. The van der Waals surface area contributed by atoms with Gasteiger partial charge in [0.1, 0.15) is 5.82 Å². The Morgan fingerprint density at radius 1 is 1.07 bits per heavy atom. The van der Waals surface area contributed by atoms with Crippen LogP contribution >= 0.6 is 0 Å². The summed E-state index contributed by atoms with van der Waals surface area (Å²) < 4.78 is 0. The van der Waals surface area contributed by atoms with Crippen LogP contribution in [0.4, 0.5) is 5.82 Å². The Labute approximate surface area is 251 Å². The third kappa shape index (κ3) is 6.37. The van der Waals surface area contributed by atoms with Gasteiger partial charge in [-0.2, -0.15) is 0 Å². The maximum atomic E-state index is 11.5. The van der Waals surface area contributed by atoms with Crippen LogP contribution in [-0.4, -0.2) is 58.2 Å². The summed E-state index contributed by atoms with van der Waals surface area (Å²) in [6.07, 6.45) is 6.48. The molecular weight excluding hydrogens is 522 g/mol. The van der Waals surface area contributed by atoms with Crippen molar-refractivity contribution in [3.8, 4) is 11.4 Å². The number of benzene rings is 2. The lowest BCUT2D eigenvalue weighted by Gasteiger charge is -2.40. The number of fused-ring (bicyclic) bond motifs is 1. The van der Waals surface area contributed by atoms with Gasteiger partial charge in [-0.05, 0) is 81.2 Å². The van der Waals surface area contributed by atoms with Crippen LogP contribution in [0.3, 0.4) is 0 Å². The maximum Gasteiger partial charge on any atom is 0.216 e. The van der Waals surface area contributed by atoms with Crippen LogP contribution in [0.1, 0.15) is 86.0 Å². The highest BCUT2D eigenvalue weighted by atomic mass is 16.3. The number of nitrogens with one attached hydrogen (secondary N) is 1. The lowest BCUT2D eigenvalue weighted by Crippen LogP contribution is -2.51. The van der Waals surface area contributed by atoms with E-state index in [2.05, 4.69) is 85.4 Å². The van der Waals surface area contributed by atoms with Crippen molar-refractivity contribution in [1.82, 2.24) is 20.2 Å². The van der Waals surface area contributed by atoms with E-state index >= 15 is 0 Å². The van der Waals surface area contributed by atoms with Gasteiger partial charge < -0.3 is 15.3 Å². The second kappa shape index (κ2) is 12.9. The Balaban J connectivity index is 1.52.